The summed E-state index contributed by atoms with van der Waals surface area (Å²) >= 11 is 6.29. The smallest absolute Gasteiger partial charge is 0.326 e. The number of anilines is 2. The number of benzene rings is 2. The number of urea groups is 1. The number of hydrogen-bond acceptors (Lipinski definition) is 3. The summed E-state index contributed by atoms with van der Waals surface area (Å²) < 4.78 is 18.9. The van der Waals surface area contributed by atoms with E-state index in [0.717, 1.165) is 18.4 Å². The molecule has 0 fully saturated rings. The van der Waals surface area contributed by atoms with Crippen LogP contribution in [0, 0.1) is 12.7 Å². The Morgan fingerprint density at radius 2 is 2.11 bits per heavy atom. The molecule has 0 radical (unpaired) electrons. The van der Waals surface area contributed by atoms with Crippen molar-refractivity contribution in [1.82, 2.24) is 5.16 Å². The van der Waals surface area contributed by atoms with Crippen LogP contribution in [-0.4, -0.2) is 17.2 Å². The van der Waals surface area contributed by atoms with Crippen LogP contribution in [-0.2, 0) is 6.42 Å². The van der Waals surface area contributed by atoms with Crippen LogP contribution in [0.25, 0.3) is 11.3 Å². The molecular weight excluding hydrogens is 381 g/mol. The maximum atomic E-state index is 13.6. The highest BCUT2D eigenvalue weighted by Gasteiger charge is 2.30. The van der Waals surface area contributed by atoms with Gasteiger partial charge in [-0.05, 0) is 56.5 Å². The summed E-state index contributed by atoms with van der Waals surface area (Å²) in [6.45, 7) is 3.70. The minimum Gasteiger partial charge on any atom is -0.359 e. The molecule has 1 N–H and O–H groups in total. The molecule has 1 atom stereocenters. The van der Waals surface area contributed by atoms with Crippen molar-refractivity contribution in [3.8, 4) is 11.3 Å². The first-order chi connectivity index (χ1) is 13.5. The summed E-state index contributed by atoms with van der Waals surface area (Å²) in [5.41, 5.74) is 3.15. The zero-order valence-corrected chi connectivity index (χ0v) is 16.3. The van der Waals surface area contributed by atoms with E-state index in [0.29, 0.717) is 33.4 Å². The van der Waals surface area contributed by atoms with Crippen molar-refractivity contribution >= 4 is 29.0 Å². The lowest BCUT2D eigenvalue weighted by molar-refractivity contribution is 0.254. The van der Waals surface area contributed by atoms with Gasteiger partial charge in [0.1, 0.15) is 17.2 Å². The Bertz CT molecular complexity index is 1050. The van der Waals surface area contributed by atoms with Gasteiger partial charge in [-0.1, -0.05) is 35.0 Å². The number of halogens is 2. The number of aryl methyl sites for hydroxylation is 2. The summed E-state index contributed by atoms with van der Waals surface area (Å²) in [7, 11) is 0. The van der Waals surface area contributed by atoms with E-state index in [1.165, 1.54) is 12.1 Å². The van der Waals surface area contributed by atoms with Crippen molar-refractivity contribution in [3.63, 3.8) is 0 Å². The highest BCUT2D eigenvalue weighted by molar-refractivity contribution is 6.33. The number of amides is 2. The third kappa shape index (κ3) is 3.24. The fourth-order valence-electron chi connectivity index (χ4n) is 3.55. The van der Waals surface area contributed by atoms with Gasteiger partial charge in [-0.2, -0.15) is 0 Å². The number of carbonyl (C=O) groups is 1. The molecule has 1 aliphatic rings. The molecule has 0 bridgehead atoms. The SMILES string of the molecule is Cc1onc(-c2ccccc2Cl)c1NC(=O)N1c2ccc(F)cc2CCC1C. The lowest BCUT2D eigenvalue weighted by Gasteiger charge is -2.35. The van der Waals surface area contributed by atoms with Crippen LogP contribution in [0.4, 0.5) is 20.6 Å². The molecule has 2 aromatic carbocycles. The van der Waals surface area contributed by atoms with Crippen LogP contribution < -0.4 is 10.2 Å². The minimum absolute atomic E-state index is 0.0260. The van der Waals surface area contributed by atoms with Crippen LogP contribution in [0.1, 0.15) is 24.7 Å². The molecule has 2 amide bonds. The molecular formula is C21H19ClFN3O2. The monoisotopic (exact) mass is 399 g/mol. The van der Waals surface area contributed by atoms with Crippen LogP contribution >= 0.6 is 11.6 Å². The molecule has 0 saturated heterocycles. The third-order valence-corrected chi connectivity index (χ3v) is 5.35. The van der Waals surface area contributed by atoms with E-state index in [4.69, 9.17) is 16.1 Å². The highest BCUT2D eigenvalue weighted by atomic mass is 35.5. The van der Waals surface area contributed by atoms with Gasteiger partial charge in [-0.25, -0.2) is 9.18 Å². The van der Waals surface area contributed by atoms with Crippen LogP contribution in [0.3, 0.4) is 0 Å². The van der Waals surface area contributed by atoms with Crippen LogP contribution in [0.5, 0.6) is 0 Å². The molecule has 4 rings (SSSR count). The number of nitrogens with one attached hydrogen (secondary N) is 1. The van der Waals surface area contributed by atoms with Crippen molar-refractivity contribution in [3.05, 3.63) is 64.6 Å². The van der Waals surface area contributed by atoms with Crippen LogP contribution in [0.15, 0.2) is 47.0 Å². The molecule has 7 heteroatoms. The third-order valence-electron chi connectivity index (χ3n) is 5.02. The number of rotatable bonds is 2. The van der Waals surface area contributed by atoms with Crippen LogP contribution in [0.2, 0.25) is 5.02 Å². The maximum Gasteiger partial charge on any atom is 0.326 e. The molecule has 0 spiro atoms. The topological polar surface area (TPSA) is 58.4 Å². The fourth-order valence-corrected chi connectivity index (χ4v) is 3.78. The van der Waals surface area contributed by atoms with Crippen molar-refractivity contribution in [2.45, 2.75) is 32.7 Å². The minimum atomic E-state index is -0.320. The molecule has 0 aliphatic carbocycles. The van der Waals surface area contributed by atoms with Gasteiger partial charge in [0.05, 0.1) is 5.02 Å². The van der Waals surface area contributed by atoms with Gasteiger partial charge in [0.25, 0.3) is 0 Å². The van der Waals surface area contributed by atoms with Gasteiger partial charge in [-0.3, -0.25) is 4.90 Å². The number of nitrogens with zero attached hydrogens (tertiary/aromatic N) is 2. The van der Waals surface area contributed by atoms with E-state index >= 15 is 0 Å². The summed E-state index contributed by atoms with van der Waals surface area (Å²) in [5.74, 6) is 0.178. The van der Waals surface area contributed by atoms with E-state index in [1.807, 2.05) is 25.1 Å². The van der Waals surface area contributed by atoms with Gasteiger partial charge in [-0.15, -0.1) is 0 Å². The fraction of sp³-hybridized carbons (Fsp3) is 0.238. The van der Waals surface area contributed by atoms with E-state index in [9.17, 15) is 9.18 Å². The zero-order valence-electron chi connectivity index (χ0n) is 15.5. The number of aromatic nitrogens is 1. The molecule has 5 nitrogen and oxygen atoms in total. The lowest BCUT2D eigenvalue weighted by Crippen LogP contribution is -2.44. The van der Waals surface area contributed by atoms with Gasteiger partial charge in [0, 0.05) is 17.3 Å². The van der Waals surface area contributed by atoms with Gasteiger partial charge >= 0.3 is 6.03 Å². The Morgan fingerprint density at radius 3 is 2.89 bits per heavy atom. The first-order valence-electron chi connectivity index (χ1n) is 9.05. The van der Waals surface area contributed by atoms with E-state index in [1.54, 1.807) is 24.0 Å². The summed E-state index contributed by atoms with van der Waals surface area (Å²) in [6.07, 6.45) is 1.49. The predicted octanol–water partition coefficient (Wildman–Crippen LogP) is 5.82. The second kappa shape index (κ2) is 7.28. The van der Waals surface area contributed by atoms with E-state index < -0.39 is 0 Å². The second-order valence-electron chi connectivity index (χ2n) is 6.90. The molecule has 0 saturated carbocycles. The van der Waals surface area contributed by atoms with Gasteiger partial charge in [0.15, 0.2) is 5.76 Å². The first-order valence-corrected chi connectivity index (χ1v) is 9.43. The van der Waals surface area contributed by atoms with Crippen molar-refractivity contribution in [2.24, 2.45) is 0 Å². The van der Waals surface area contributed by atoms with Crippen molar-refractivity contribution < 1.29 is 13.7 Å². The molecule has 28 heavy (non-hydrogen) atoms. The molecule has 144 valence electrons. The average molecular weight is 400 g/mol. The molecule has 1 aliphatic heterocycles. The molecule has 3 aromatic rings. The highest BCUT2D eigenvalue weighted by Crippen LogP contribution is 2.36. The second-order valence-corrected chi connectivity index (χ2v) is 7.31. The summed E-state index contributed by atoms with van der Waals surface area (Å²) in [6, 6.07) is 11.4. The Hall–Kier alpha value is -2.86. The number of carbonyl (C=O) groups excluding carboxylic acids is 1. The summed E-state index contributed by atoms with van der Waals surface area (Å²) in [4.78, 5) is 14.8. The van der Waals surface area contributed by atoms with Gasteiger partial charge in [0.2, 0.25) is 0 Å². The number of fused-ring (bicyclic) bond motifs is 1. The van der Waals surface area contributed by atoms with Crippen molar-refractivity contribution in [2.75, 3.05) is 10.2 Å². The predicted molar refractivity (Wildman–Crippen MR) is 107 cm³/mol. The Balaban J connectivity index is 1.69. The Kier molecular flexibility index (Phi) is 4.81. The standard InChI is InChI=1S/C21H19ClFN3O2/c1-12-7-8-14-11-15(23)9-10-18(14)26(12)21(27)24-19-13(2)28-25-20(19)16-5-3-4-6-17(16)22/h3-6,9-12H,7-8H2,1-2H3,(H,24,27). The normalized spacial score (nSPS) is 16.0. The lowest BCUT2D eigenvalue weighted by atomic mass is 9.97. The Labute approximate surface area is 167 Å². The largest absolute Gasteiger partial charge is 0.359 e. The van der Waals surface area contributed by atoms with E-state index in [2.05, 4.69) is 10.5 Å². The molecule has 2 heterocycles. The number of hydrogen-bond donors (Lipinski definition) is 1. The molecule has 1 unspecified atom stereocenters. The Morgan fingerprint density at radius 1 is 1.32 bits per heavy atom. The van der Waals surface area contributed by atoms with E-state index in [-0.39, 0.29) is 17.9 Å². The van der Waals surface area contributed by atoms with Crippen molar-refractivity contribution in [1.29, 1.82) is 0 Å². The average Bonchev–Trinajstić information content (AvgIpc) is 3.02. The zero-order chi connectivity index (χ0) is 19.8. The quantitative estimate of drug-likeness (QED) is 0.591. The molecule has 1 aromatic heterocycles. The first kappa shape index (κ1) is 18.5. The summed E-state index contributed by atoms with van der Waals surface area (Å²) in [5, 5.41) is 7.51. The maximum absolute atomic E-state index is 13.6. The van der Waals surface area contributed by atoms with Gasteiger partial charge < -0.3 is 9.84 Å².